The molecule has 0 unspecified atom stereocenters. The van der Waals surface area contributed by atoms with E-state index in [2.05, 4.69) is 15.3 Å². The maximum Gasteiger partial charge on any atom is 0.258 e. The van der Waals surface area contributed by atoms with Gasteiger partial charge in [0, 0.05) is 30.2 Å². The fourth-order valence-corrected chi connectivity index (χ4v) is 3.72. The second kappa shape index (κ2) is 8.69. The zero-order valence-electron chi connectivity index (χ0n) is 15.8. The number of carbonyl (C=O) groups is 1. The Morgan fingerprint density at radius 1 is 1.03 bits per heavy atom. The lowest BCUT2D eigenvalue weighted by Crippen LogP contribution is -2.27. The SMILES string of the molecule is Cc1ccc(S(=O)(=O)N(C)Cc2ncc(C(=O)Nc3ccc(Cl)cc3)cn2)cc1. The lowest BCUT2D eigenvalue weighted by Gasteiger charge is -2.16. The standard InChI is InChI=1S/C20H19ClN4O3S/c1-14-3-9-18(10-4-14)29(27,28)25(2)13-19-22-11-15(12-23-19)20(26)24-17-7-5-16(21)6-8-17/h3-12H,13H2,1-2H3,(H,24,26). The van der Waals surface area contributed by atoms with Gasteiger partial charge in [-0.25, -0.2) is 18.4 Å². The lowest BCUT2D eigenvalue weighted by atomic mass is 10.2. The predicted molar refractivity (Wildman–Crippen MR) is 111 cm³/mol. The van der Waals surface area contributed by atoms with Gasteiger partial charge in [-0.05, 0) is 43.3 Å². The van der Waals surface area contributed by atoms with Crippen LogP contribution < -0.4 is 5.32 Å². The summed E-state index contributed by atoms with van der Waals surface area (Å²) in [6.45, 7) is 1.87. The molecule has 0 aliphatic heterocycles. The number of amides is 1. The van der Waals surface area contributed by atoms with Crippen molar-refractivity contribution in [2.45, 2.75) is 18.4 Å². The highest BCUT2D eigenvalue weighted by atomic mass is 35.5. The van der Waals surface area contributed by atoms with E-state index in [4.69, 9.17) is 11.6 Å². The Bertz CT molecular complexity index is 1100. The van der Waals surface area contributed by atoms with E-state index >= 15 is 0 Å². The second-order valence-corrected chi connectivity index (χ2v) is 8.90. The van der Waals surface area contributed by atoms with Crippen LogP contribution in [0.2, 0.25) is 5.02 Å². The van der Waals surface area contributed by atoms with Gasteiger partial charge in [0.15, 0.2) is 0 Å². The minimum absolute atomic E-state index is 0.0186. The molecule has 3 aromatic rings. The quantitative estimate of drug-likeness (QED) is 0.646. The Morgan fingerprint density at radius 3 is 2.21 bits per heavy atom. The van der Waals surface area contributed by atoms with Gasteiger partial charge in [0.25, 0.3) is 5.91 Å². The first-order valence-electron chi connectivity index (χ1n) is 8.66. The van der Waals surface area contributed by atoms with Gasteiger partial charge in [0.05, 0.1) is 17.0 Å². The molecule has 1 aromatic heterocycles. The summed E-state index contributed by atoms with van der Waals surface area (Å²) in [5, 5.41) is 3.28. The maximum atomic E-state index is 12.6. The molecule has 150 valence electrons. The van der Waals surface area contributed by atoms with Crippen molar-refractivity contribution < 1.29 is 13.2 Å². The Balaban J connectivity index is 1.67. The molecule has 0 bridgehead atoms. The summed E-state index contributed by atoms with van der Waals surface area (Å²) in [6, 6.07) is 13.3. The molecule has 1 amide bonds. The first-order chi connectivity index (χ1) is 13.8. The summed E-state index contributed by atoms with van der Waals surface area (Å²) in [5.41, 5.74) is 1.82. The van der Waals surface area contributed by atoms with Crippen molar-refractivity contribution in [3.63, 3.8) is 0 Å². The highest BCUT2D eigenvalue weighted by Gasteiger charge is 2.21. The van der Waals surface area contributed by atoms with Crippen LogP contribution in [0.15, 0.2) is 65.8 Å². The summed E-state index contributed by atoms with van der Waals surface area (Å²) in [6.07, 6.45) is 2.72. The number of aromatic nitrogens is 2. The maximum absolute atomic E-state index is 12.6. The van der Waals surface area contributed by atoms with Crippen LogP contribution >= 0.6 is 11.6 Å². The van der Waals surface area contributed by atoms with Gasteiger partial charge in [-0.3, -0.25) is 4.79 Å². The molecule has 0 atom stereocenters. The molecule has 9 heteroatoms. The number of rotatable bonds is 6. The van der Waals surface area contributed by atoms with Gasteiger partial charge in [-0.15, -0.1) is 0 Å². The van der Waals surface area contributed by atoms with Crippen LogP contribution in [0.25, 0.3) is 0 Å². The van der Waals surface area contributed by atoms with Crippen molar-refractivity contribution in [1.29, 1.82) is 0 Å². The zero-order valence-corrected chi connectivity index (χ0v) is 17.4. The molecule has 0 aliphatic carbocycles. The number of anilines is 1. The van der Waals surface area contributed by atoms with E-state index in [0.29, 0.717) is 10.7 Å². The van der Waals surface area contributed by atoms with Crippen LogP contribution in [-0.2, 0) is 16.6 Å². The molecule has 3 rings (SSSR count). The molecule has 0 saturated carbocycles. The average molecular weight is 431 g/mol. The van der Waals surface area contributed by atoms with E-state index in [0.717, 1.165) is 5.56 Å². The molecule has 1 heterocycles. The van der Waals surface area contributed by atoms with Crippen LogP contribution in [0.4, 0.5) is 5.69 Å². The van der Waals surface area contributed by atoms with Crippen molar-refractivity contribution in [2.75, 3.05) is 12.4 Å². The third-order valence-corrected chi connectivity index (χ3v) is 6.23. The molecule has 29 heavy (non-hydrogen) atoms. The Hall–Kier alpha value is -2.81. The van der Waals surface area contributed by atoms with Crippen LogP contribution in [-0.4, -0.2) is 35.6 Å². The van der Waals surface area contributed by atoms with E-state index < -0.39 is 10.0 Å². The first-order valence-corrected chi connectivity index (χ1v) is 10.5. The number of benzene rings is 2. The smallest absolute Gasteiger partial charge is 0.258 e. The molecular formula is C20H19ClN4O3S. The van der Waals surface area contributed by atoms with Crippen molar-refractivity contribution in [2.24, 2.45) is 0 Å². The van der Waals surface area contributed by atoms with Crippen LogP contribution in [0, 0.1) is 6.92 Å². The van der Waals surface area contributed by atoms with Crippen molar-refractivity contribution in [1.82, 2.24) is 14.3 Å². The van der Waals surface area contributed by atoms with E-state index in [1.807, 2.05) is 6.92 Å². The molecule has 2 aromatic carbocycles. The minimum Gasteiger partial charge on any atom is -0.322 e. The number of sulfonamides is 1. The van der Waals surface area contributed by atoms with Crippen LogP contribution in [0.1, 0.15) is 21.7 Å². The number of nitrogens with zero attached hydrogens (tertiary/aromatic N) is 3. The van der Waals surface area contributed by atoms with Crippen LogP contribution in [0.3, 0.4) is 0 Å². The largest absolute Gasteiger partial charge is 0.322 e. The predicted octanol–water partition coefficient (Wildman–Crippen LogP) is 3.51. The molecular weight excluding hydrogens is 412 g/mol. The lowest BCUT2D eigenvalue weighted by molar-refractivity contribution is 0.102. The van der Waals surface area contributed by atoms with Gasteiger partial charge in [0.2, 0.25) is 10.0 Å². The Labute approximate surface area is 174 Å². The van der Waals surface area contributed by atoms with Crippen LogP contribution in [0.5, 0.6) is 0 Å². The fourth-order valence-electron chi connectivity index (χ4n) is 2.46. The zero-order chi connectivity index (χ0) is 21.0. The molecule has 0 fully saturated rings. The summed E-state index contributed by atoms with van der Waals surface area (Å²) in [7, 11) is -2.20. The van der Waals surface area contributed by atoms with E-state index in [1.54, 1.807) is 48.5 Å². The fraction of sp³-hybridized carbons (Fsp3) is 0.150. The number of carbonyl (C=O) groups excluding carboxylic acids is 1. The monoisotopic (exact) mass is 430 g/mol. The third kappa shape index (κ3) is 5.17. The van der Waals surface area contributed by atoms with E-state index in [1.165, 1.54) is 23.7 Å². The minimum atomic E-state index is -3.66. The normalized spacial score (nSPS) is 11.4. The molecule has 1 N–H and O–H groups in total. The molecule has 0 aliphatic rings. The summed E-state index contributed by atoms with van der Waals surface area (Å²) in [4.78, 5) is 20.7. The molecule has 7 nitrogen and oxygen atoms in total. The van der Waals surface area contributed by atoms with Crippen molar-refractivity contribution >= 4 is 33.2 Å². The summed E-state index contributed by atoms with van der Waals surface area (Å²) < 4.78 is 26.5. The molecule has 0 spiro atoms. The number of halogens is 1. The number of aryl methyl sites for hydroxylation is 1. The molecule has 0 saturated heterocycles. The third-order valence-electron chi connectivity index (χ3n) is 4.16. The van der Waals surface area contributed by atoms with Crippen molar-refractivity contribution in [3.8, 4) is 0 Å². The first kappa shape index (κ1) is 20.9. The number of hydrogen-bond acceptors (Lipinski definition) is 5. The average Bonchev–Trinajstić information content (AvgIpc) is 2.70. The Kier molecular flexibility index (Phi) is 6.26. The number of nitrogens with one attached hydrogen (secondary N) is 1. The second-order valence-electron chi connectivity index (χ2n) is 6.42. The summed E-state index contributed by atoms with van der Waals surface area (Å²) >= 11 is 5.82. The highest BCUT2D eigenvalue weighted by molar-refractivity contribution is 7.89. The van der Waals surface area contributed by atoms with Gasteiger partial charge in [0.1, 0.15) is 5.82 Å². The van der Waals surface area contributed by atoms with Crippen molar-refractivity contribution in [3.05, 3.63) is 82.9 Å². The van der Waals surface area contributed by atoms with E-state index in [-0.39, 0.29) is 28.7 Å². The Morgan fingerprint density at radius 2 is 1.62 bits per heavy atom. The summed E-state index contributed by atoms with van der Waals surface area (Å²) in [5.74, 6) is -0.0919. The highest BCUT2D eigenvalue weighted by Crippen LogP contribution is 2.17. The topological polar surface area (TPSA) is 92.3 Å². The van der Waals surface area contributed by atoms with Gasteiger partial charge in [-0.2, -0.15) is 4.31 Å². The van der Waals surface area contributed by atoms with Gasteiger partial charge in [-0.1, -0.05) is 29.3 Å². The number of hydrogen-bond donors (Lipinski definition) is 1. The van der Waals surface area contributed by atoms with Gasteiger partial charge >= 0.3 is 0 Å². The molecule has 0 radical (unpaired) electrons. The van der Waals surface area contributed by atoms with E-state index in [9.17, 15) is 13.2 Å². The van der Waals surface area contributed by atoms with Gasteiger partial charge < -0.3 is 5.32 Å².